The van der Waals surface area contributed by atoms with Gasteiger partial charge in [0, 0.05) is 28.3 Å². The maximum atomic E-state index is 13.1. The van der Waals surface area contributed by atoms with Gasteiger partial charge in [-0.3, -0.25) is 19.7 Å². The lowest BCUT2D eigenvalue weighted by Gasteiger charge is -2.47. The van der Waals surface area contributed by atoms with Gasteiger partial charge >= 0.3 is 0 Å². The Hall–Kier alpha value is -3.45. The predicted molar refractivity (Wildman–Crippen MR) is 116 cm³/mol. The molecule has 0 unspecified atom stereocenters. The average molecular weight is 418 g/mol. The highest BCUT2D eigenvalue weighted by atomic mass is 32.2. The van der Waals surface area contributed by atoms with Gasteiger partial charge in [-0.1, -0.05) is 30.3 Å². The number of Topliss-reactive ketones (excluding diaryl/α,β-unsaturated/α-hetero) is 1. The quantitative estimate of drug-likeness (QED) is 0.242. The van der Waals surface area contributed by atoms with Crippen molar-refractivity contribution < 1.29 is 14.5 Å². The van der Waals surface area contributed by atoms with Crippen LogP contribution >= 0.6 is 11.8 Å². The van der Waals surface area contributed by atoms with Crippen molar-refractivity contribution in [2.45, 2.75) is 23.1 Å². The Kier molecular flexibility index (Phi) is 5.37. The molecule has 1 saturated heterocycles. The molecule has 0 radical (unpaired) electrons. The van der Waals surface area contributed by atoms with Crippen LogP contribution in [-0.2, 0) is 4.79 Å². The second kappa shape index (κ2) is 8.12. The van der Waals surface area contributed by atoms with Crippen molar-refractivity contribution in [1.82, 2.24) is 0 Å². The maximum absolute atomic E-state index is 13.1. The zero-order valence-electron chi connectivity index (χ0n) is 16.1. The number of amides is 1. The summed E-state index contributed by atoms with van der Waals surface area (Å²) in [7, 11) is 0. The number of benzene rings is 3. The van der Waals surface area contributed by atoms with Crippen LogP contribution in [0.4, 0.5) is 11.4 Å². The molecule has 0 saturated carbocycles. The predicted octanol–water partition coefficient (Wildman–Crippen LogP) is 5.05. The van der Waals surface area contributed by atoms with Gasteiger partial charge in [0.15, 0.2) is 5.78 Å². The van der Waals surface area contributed by atoms with E-state index in [1.54, 1.807) is 41.3 Å². The molecule has 0 bridgehead atoms. The number of carbonyl (C=O) groups is 2. The fraction of sp³-hybridized carbons (Fsp3) is 0.130. The first-order chi connectivity index (χ1) is 14.5. The van der Waals surface area contributed by atoms with Crippen LogP contribution in [-0.4, -0.2) is 21.9 Å². The number of hydrogen-bond donors (Lipinski definition) is 0. The van der Waals surface area contributed by atoms with Gasteiger partial charge < -0.3 is 4.90 Å². The molecular formula is C23H18N2O4S. The van der Waals surface area contributed by atoms with Gasteiger partial charge in [0.1, 0.15) is 5.25 Å². The first-order valence-electron chi connectivity index (χ1n) is 9.36. The number of anilines is 1. The summed E-state index contributed by atoms with van der Waals surface area (Å²) in [5.41, 5.74) is 2.10. The highest BCUT2D eigenvalue weighted by Crippen LogP contribution is 2.47. The van der Waals surface area contributed by atoms with Crippen molar-refractivity contribution >= 4 is 34.8 Å². The Morgan fingerprint density at radius 2 is 1.60 bits per heavy atom. The molecule has 6 nitrogen and oxygen atoms in total. The van der Waals surface area contributed by atoms with Crippen molar-refractivity contribution in [3.05, 3.63) is 100 Å². The van der Waals surface area contributed by atoms with E-state index in [2.05, 4.69) is 0 Å². The number of rotatable bonds is 6. The Morgan fingerprint density at radius 1 is 0.967 bits per heavy atom. The Balaban J connectivity index is 1.68. The first kappa shape index (κ1) is 19.8. The molecule has 3 aromatic carbocycles. The molecule has 150 valence electrons. The lowest BCUT2D eigenvalue weighted by Crippen LogP contribution is -2.57. The third-order valence-electron chi connectivity index (χ3n) is 5.05. The molecule has 1 heterocycles. The van der Waals surface area contributed by atoms with E-state index in [4.69, 9.17) is 0 Å². The molecule has 2 atom stereocenters. The number of nitro benzene ring substituents is 1. The van der Waals surface area contributed by atoms with Crippen molar-refractivity contribution in [1.29, 1.82) is 0 Å². The summed E-state index contributed by atoms with van der Waals surface area (Å²) in [6.45, 7) is 1.50. The summed E-state index contributed by atoms with van der Waals surface area (Å²) in [6.07, 6.45) is 0. The van der Waals surface area contributed by atoms with E-state index in [1.807, 2.05) is 30.3 Å². The Morgan fingerprint density at radius 3 is 2.17 bits per heavy atom. The highest BCUT2D eigenvalue weighted by Gasteiger charge is 2.49. The molecule has 0 N–H and O–H groups in total. The van der Waals surface area contributed by atoms with Crippen LogP contribution < -0.4 is 4.90 Å². The summed E-state index contributed by atoms with van der Waals surface area (Å²) >= 11 is 1.48. The number of thioether (sulfide) groups is 1. The summed E-state index contributed by atoms with van der Waals surface area (Å²) in [6, 6.07) is 22.6. The van der Waals surface area contributed by atoms with Crippen molar-refractivity contribution in [2.75, 3.05) is 4.90 Å². The topological polar surface area (TPSA) is 80.5 Å². The largest absolute Gasteiger partial charge is 0.302 e. The fourth-order valence-electron chi connectivity index (χ4n) is 3.48. The van der Waals surface area contributed by atoms with E-state index in [1.165, 1.54) is 30.8 Å². The molecule has 30 heavy (non-hydrogen) atoms. The second-order valence-electron chi connectivity index (χ2n) is 6.96. The van der Waals surface area contributed by atoms with Crippen LogP contribution in [0.25, 0.3) is 0 Å². The van der Waals surface area contributed by atoms with Crippen LogP contribution in [0.1, 0.15) is 28.9 Å². The first-order valence-corrected chi connectivity index (χ1v) is 10.2. The van der Waals surface area contributed by atoms with Crippen LogP contribution in [0.15, 0.2) is 83.8 Å². The number of nitro groups is 1. The summed E-state index contributed by atoms with van der Waals surface area (Å²) in [4.78, 5) is 37.9. The van der Waals surface area contributed by atoms with Gasteiger partial charge in [0.25, 0.3) is 5.69 Å². The van der Waals surface area contributed by atoms with E-state index < -0.39 is 4.92 Å². The molecular weight excluding hydrogens is 400 g/mol. The van der Waals surface area contributed by atoms with Crippen LogP contribution in [0, 0.1) is 10.1 Å². The number of ketones is 1. The molecule has 1 fully saturated rings. The molecule has 1 aliphatic rings. The zero-order chi connectivity index (χ0) is 21.3. The van der Waals surface area contributed by atoms with E-state index >= 15 is 0 Å². The summed E-state index contributed by atoms with van der Waals surface area (Å²) < 4.78 is 0. The average Bonchev–Trinajstić information content (AvgIpc) is 2.76. The maximum Gasteiger partial charge on any atom is 0.269 e. The molecule has 1 amide bonds. The normalized spacial score (nSPS) is 18.0. The number of carbonyl (C=O) groups excluding carboxylic acids is 2. The third kappa shape index (κ3) is 3.71. The van der Waals surface area contributed by atoms with E-state index in [9.17, 15) is 19.7 Å². The second-order valence-corrected chi connectivity index (χ2v) is 8.17. The number of β-lactam (4-membered cyclic amide) rings is 1. The molecule has 4 rings (SSSR count). The third-order valence-corrected chi connectivity index (χ3v) is 6.31. The molecule has 0 aliphatic carbocycles. The minimum Gasteiger partial charge on any atom is -0.302 e. The lowest BCUT2D eigenvalue weighted by molar-refractivity contribution is -0.384. The van der Waals surface area contributed by atoms with Gasteiger partial charge in [-0.05, 0) is 48.9 Å². The Labute approximate surface area is 177 Å². The van der Waals surface area contributed by atoms with E-state index in [-0.39, 0.29) is 28.7 Å². The van der Waals surface area contributed by atoms with Crippen LogP contribution in [0.3, 0.4) is 0 Å². The van der Waals surface area contributed by atoms with Gasteiger partial charge in [0.2, 0.25) is 5.91 Å². The molecule has 1 aliphatic heterocycles. The monoisotopic (exact) mass is 418 g/mol. The molecule has 3 aromatic rings. The van der Waals surface area contributed by atoms with E-state index in [0.29, 0.717) is 11.3 Å². The minimum absolute atomic E-state index is 0.00836. The number of nitrogens with zero attached hydrogens (tertiary/aromatic N) is 2. The standard InChI is InChI=1S/C23H18N2O4S/c1-15(26)16-7-11-18(12-8-16)24-21(17-9-13-19(14-10-17)25(28)29)22(23(24)27)30-20-5-3-2-4-6-20/h2-14,21-22H,1H3/t21-,22-/m1/s1. The van der Waals surface area contributed by atoms with Crippen molar-refractivity contribution in [3.8, 4) is 0 Å². The van der Waals surface area contributed by atoms with Crippen molar-refractivity contribution in [3.63, 3.8) is 0 Å². The fourth-order valence-corrected chi connectivity index (χ4v) is 4.71. The summed E-state index contributed by atoms with van der Waals surface area (Å²) in [5.74, 6) is -0.0799. The molecule has 0 aromatic heterocycles. The lowest BCUT2D eigenvalue weighted by atomic mass is 9.92. The van der Waals surface area contributed by atoms with E-state index in [0.717, 1.165) is 10.5 Å². The van der Waals surface area contributed by atoms with Crippen molar-refractivity contribution in [2.24, 2.45) is 0 Å². The van der Waals surface area contributed by atoms with Gasteiger partial charge in [-0.25, -0.2) is 0 Å². The van der Waals surface area contributed by atoms with Crippen LogP contribution in [0.2, 0.25) is 0 Å². The smallest absolute Gasteiger partial charge is 0.269 e. The molecule has 7 heteroatoms. The number of hydrogen-bond acceptors (Lipinski definition) is 5. The highest BCUT2D eigenvalue weighted by molar-refractivity contribution is 8.00. The Bertz CT molecular complexity index is 1100. The SMILES string of the molecule is CC(=O)c1ccc(N2C(=O)[C@H](Sc3ccccc3)[C@H]2c2ccc([N+](=O)[O-])cc2)cc1. The summed E-state index contributed by atoms with van der Waals surface area (Å²) in [5, 5.41) is 10.7. The zero-order valence-corrected chi connectivity index (χ0v) is 16.9. The van der Waals surface area contributed by atoms with Gasteiger partial charge in [-0.2, -0.15) is 0 Å². The van der Waals surface area contributed by atoms with Gasteiger partial charge in [-0.15, -0.1) is 11.8 Å². The molecule has 0 spiro atoms. The van der Waals surface area contributed by atoms with Gasteiger partial charge in [0.05, 0.1) is 11.0 Å². The minimum atomic E-state index is -0.440. The number of non-ortho nitro benzene ring substituents is 1. The van der Waals surface area contributed by atoms with Crippen LogP contribution in [0.5, 0.6) is 0 Å².